The van der Waals surface area contributed by atoms with Crippen LogP contribution < -0.4 is 0 Å². The van der Waals surface area contributed by atoms with Crippen LogP contribution >= 0.6 is 0 Å². The normalized spacial score (nSPS) is 10.9. The number of nitrogens with zero attached hydrogens (tertiary/aromatic N) is 3. The number of rotatable bonds is 9. The molecule has 0 saturated heterocycles. The van der Waals surface area contributed by atoms with Crippen molar-refractivity contribution in [1.82, 2.24) is 14.5 Å². The highest BCUT2D eigenvalue weighted by atomic mass is 19.1. The molecule has 6 nitrogen and oxygen atoms in total. The number of halogens is 1. The van der Waals surface area contributed by atoms with E-state index in [1.54, 1.807) is 48.5 Å². The second-order valence-corrected chi connectivity index (χ2v) is 7.91. The highest BCUT2D eigenvalue weighted by molar-refractivity contribution is 5.99. The van der Waals surface area contributed by atoms with E-state index in [-0.39, 0.29) is 50.4 Å². The Bertz CT molecular complexity index is 1290. The predicted octanol–water partition coefficient (Wildman–Crippen LogP) is 4.82. The molecule has 2 aromatic carbocycles. The van der Waals surface area contributed by atoms with Gasteiger partial charge in [-0.1, -0.05) is 42.5 Å². The molecule has 0 fully saturated rings. The third-order valence-electron chi connectivity index (χ3n) is 5.59. The summed E-state index contributed by atoms with van der Waals surface area (Å²) in [6, 6.07) is 19.7. The number of esters is 1. The van der Waals surface area contributed by atoms with Crippen LogP contribution in [0.5, 0.6) is 0 Å². The van der Waals surface area contributed by atoms with E-state index in [0.717, 1.165) is 16.5 Å². The summed E-state index contributed by atoms with van der Waals surface area (Å²) in [6.45, 7) is 2.71. The van der Waals surface area contributed by atoms with Crippen molar-refractivity contribution in [1.29, 1.82) is 0 Å². The van der Waals surface area contributed by atoms with Crippen LogP contribution in [0.3, 0.4) is 0 Å². The van der Waals surface area contributed by atoms with Crippen LogP contribution in [0.1, 0.15) is 35.0 Å². The number of fused-ring (bicyclic) bond motifs is 1. The minimum atomic E-state index is -0.363. The van der Waals surface area contributed by atoms with E-state index in [1.807, 2.05) is 41.0 Å². The van der Waals surface area contributed by atoms with Crippen molar-refractivity contribution >= 4 is 22.8 Å². The zero-order valence-electron chi connectivity index (χ0n) is 19.0. The number of hydrogen-bond donors (Lipinski definition) is 0. The molecular weight excluding hydrogens is 433 g/mol. The topological polar surface area (TPSA) is 64.4 Å². The third kappa shape index (κ3) is 5.31. The summed E-state index contributed by atoms with van der Waals surface area (Å²) in [6.07, 6.45) is 3.44. The van der Waals surface area contributed by atoms with Crippen LogP contribution in [-0.2, 0) is 22.6 Å². The third-order valence-corrected chi connectivity index (χ3v) is 5.59. The van der Waals surface area contributed by atoms with E-state index < -0.39 is 0 Å². The molecule has 174 valence electrons. The van der Waals surface area contributed by atoms with Crippen LogP contribution in [0.2, 0.25) is 0 Å². The SMILES string of the molecule is CCOC(=O)CCN(Cc1cccnc1)C(=O)c1cc2ccccc2n1Cc1ccccc1F. The Morgan fingerprint density at radius 2 is 1.85 bits per heavy atom. The van der Waals surface area contributed by atoms with Gasteiger partial charge in [0.1, 0.15) is 11.5 Å². The lowest BCUT2D eigenvalue weighted by molar-refractivity contribution is -0.143. The molecule has 34 heavy (non-hydrogen) atoms. The number of hydrogen-bond acceptors (Lipinski definition) is 4. The second kappa shape index (κ2) is 10.7. The summed E-state index contributed by atoms with van der Waals surface area (Å²) in [5.41, 5.74) is 2.60. The van der Waals surface area contributed by atoms with Gasteiger partial charge in [-0.25, -0.2) is 4.39 Å². The summed E-state index contributed by atoms with van der Waals surface area (Å²) < 4.78 is 21.4. The van der Waals surface area contributed by atoms with Crippen LogP contribution in [0, 0.1) is 5.82 Å². The van der Waals surface area contributed by atoms with Gasteiger partial charge >= 0.3 is 5.97 Å². The zero-order valence-corrected chi connectivity index (χ0v) is 19.0. The van der Waals surface area contributed by atoms with E-state index >= 15 is 0 Å². The second-order valence-electron chi connectivity index (χ2n) is 7.91. The maximum Gasteiger partial charge on any atom is 0.307 e. The van der Waals surface area contributed by atoms with E-state index in [4.69, 9.17) is 4.74 Å². The average molecular weight is 460 g/mol. The van der Waals surface area contributed by atoms with E-state index in [1.165, 1.54) is 6.07 Å². The monoisotopic (exact) mass is 459 g/mol. The standard InChI is InChI=1S/C27H26FN3O3/c1-2-34-26(32)13-15-30(18-20-8-7-14-29-17-20)27(33)25-16-21-9-4-6-12-24(21)31(25)19-22-10-3-5-11-23(22)28/h3-12,14,16-17H,2,13,15,18-19H2,1H3. The fourth-order valence-corrected chi connectivity index (χ4v) is 3.94. The summed E-state index contributed by atoms with van der Waals surface area (Å²) >= 11 is 0. The maximum atomic E-state index is 14.5. The molecule has 2 aromatic heterocycles. The van der Waals surface area contributed by atoms with E-state index in [9.17, 15) is 14.0 Å². The number of ether oxygens (including phenoxy) is 1. The van der Waals surface area contributed by atoms with Crippen molar-refractivity contribution in [2.45, 2.75) is 26.4 Å². The smallest absolute Gasteiger partial charge is 0.307 e. The average Bonchev–Trinajstić information content (AvgIpc) is 3.22. The van der Waals surface area contributed by atoms with Crippen LogP contribution in [0.25, 0.3) is 10.9 Å². The Kier molecular flexibility index (Phi) is 7.32. The molecular formula is C27H26FN3O3. The molecule has 0 radical (unpaired) electrons. The molecule has 0 aliphatic carbocycles. The molecule has 0 unspecified atom stereocenters. The molecule has 2 heterocycles. The Morgan fingerprint density at radius 3 is 2.62 bits per heavy atom. The molecule has 0 aliphatic rings. The first kappa shape index (κ1) is 23.2. The van der Waals surface area contributed by atoms with Crippen molar-refractivity contribution in [3.63, 3.8) is 0 Å². The Balaban J connectivity index is 1.71. The van der Waals surface area contributed by atoms with Gasteiger partial charge in [-0.15, -0.1) is 0 Å². The fourth-order valence-electron chi connectivity index (χ4n) is 3.94. The lowest BCUT2D eigenvalue weighted by Crippen LogP contribution is -2.34. The quantitative estimate of drug-likeness (QED) is 0.337. The van der Waals surface area contributed by atoms with Gasteiger partial charge < -0.3 is 14.2 Å². The number of benzene rings is 2. The number of carbonyl (C=O) groups excluding carboxylic acids is 2. The lowest BCUT2D eigenvalue weighted by atomic mass is 10.2. The summed E-state index contributed by atoms with van der Waals surface area (Å²) in [4.78, 5) is 31.6. The molecule has 0 bridgehead atoms. The van der Waals surface area contributed by atoms with Crippen LogP contribution in [0.4, 0.5) is 4.39 Å². The fraction of sp³-hybridized carbons (Fsp3) is 0.222. The highest BCUT2D eigenvalue weighted by Crippen LogP contribution is 2.24. The van der Waals surface area contributed by atoms with Gasteiger partial charge in [0, 0.05) is 41.9 Å². The summed E-state index contributed by atoms with van der Waals surface area (Å²) in [7, 11) is 0. The summed E-state index contributed by atoms with van der Waals surface area (Å²) in [5.74, 6) is -0.938. The highest BCUT2D eigenvalue weighted by Gasteiger charge is 2.23. The molecule has 0 spiro atoms. The molecule has 0 N–H and O–H groups in total. The molecule has 1 amide bonds. The van der Waals surface area contributed by atoms with Gasteiger partial charge in [0.15, 0.2) is 0 Å². The predicted molar refractivity (Wildman–Crippen MR) is 128 cm³/mol. The maximum absolute atomic E-state index is 14.5. The largest absolute Gasteiger partial charge is 0.466 e. The lowest BCUT2D eigenvalue weighted by Gasteiger charge is -2.23. The Hall–Kier alpha value is -4.00. The number of carbonyl (C=O) groups is 2. The Labute approximate surface area is 197 Å². The number of pyridine rings is 1. The van der Waals surface area contributed by atoms with E-state index in [2.05, 4.69) is 4.98 Å². The van der Waals surface area contributed by atoms with Crippen molar-refractivity contribution in [3.05, 3.63) is 102 Å². The first-order valence-electron chi connectivity index (χ1n) is 11.2. The zero-order chi connectivity index (χ0) is 23.9. The molecule has 4 rings (SSSR count). The van der Waals surface area contributed by atoms with Crippen molar-refractivity contribution in [3.8, 4) is 0 Å². The van der Waals surface area contributed by atoms with Gasteiger partial charge in [0.25, 0.3) is 5.91 Å². The van der Waals surface area contributed by atoms with Crippen molar-refractivity contribution < 1.29 is 18.7 Å². The first-order valence-corrected chi connectivity index (χ1v) is 11.2. The van der Waals surface area contributed by atoms with Gasteiger partial charge in [0.2, 0.25) is 0 Å². The molecule has 7 heteroatoms. The molecule has 0 atom stereocenters. The van der Waals surface area contributed by atoms with Gasteiger partial charge in [-0.2, -0.15) is 0 Å². The number of para-hydroxylation sites is 1. The molecule has 0 saturated carbocycles. The molecule has 0 aliphatic heterocycles. The van der Waals surface area contributed by atoms with Gasteiger partial charge in [0.05, 0.1) is 19.6 Å². The first-order chi connectivity index (χ1) is 16.6. The molecule has 4 aromatic rings. The minimum absolute atomic E-state index is 0.0768. The summed E-state index contributed by atoms with van der Waals surface area (Å²) in [5, 5.41) is 0.883. The van der Waals surface area contributed by atoms with Gasteiger partial charge in [-0.05, 0) is 36.8 Å². The van der Waals surface area contributed by atoms with E-state index in [0.29, 0.717) is 11.3 Å². The van der Waals surface area contributed by atoms with Gasteiger partial charge in [-0.3, -0.25) is 14.6 Å². The van der Waals surface area contributed by atoms with Crippen LogP contribution in [-0.4, -0.2) is 39.5 Å². The van der Waals surface area contributed by atoms with Crippen LogP contribution in [0.15, 0.2) is 79.1 Å². The van der Waals surface area contributed by atoms with Crippen molar-refractivity contribution in [2.24, 2.45) is 0 Å². The van der Waals surface area contributed by atoms with Crippen molar-refractivity contribution in [2.75, 3.05) is 13.2 Å². The Morgan fingerprint density at radius 1 is 1.06 bits per heavy atom. The number of amides is 1. The number of aromatic nitrogens is 2. The minimum Gasteiger partial charge on any atom is -0.466 e.